The second-order valence-electron chi connectivity index (χ2n) is 8.29. The van der Waals surface area contributed by atoms with E-state index >= 15 is 0 Å². The van der Waals surface area contributed by atoms with E-state index < -0.39 is 5.41 Å². The van der Waals surface area contributed by atoms with Crippen LogP contribution in [0.5, 0.6) is 5.75 Å². The maximum Gasteiger partial charge on any atom is 0.235 e. The zero-order valence-electron chi connectivity index (χ0n) is 17.4. The average Bonchev–Trinajstić information content (AvgIpc) is 3.45. The normalized spacial score (nSPS) is 15.3. The lowest BCUT2D eigenvalue weighted by atomic mass is 9.78. The van der Waals surface area contributed by atoms with Crippen molar-refractivity contribution in [3.63, 3.8) is 0 Å². The predicted octanol–water partition coefficient (Wildman–Crippen LogP) is 6.43. The van der Waals surface area contributed by atoms with Crippen molar-refractivity contribution in [3.05, 3.63) is 77.9 Å². The molecule has 0 unspecified atom stereocenters. The van der Waals surface area contributed by atoms with E-state index in [-0.39, 0.29) is 11.7 Å². The molecular formula is C26H24N2O2S. The number of nitrogens with zero attached hydrogens (tertiary/aromatic N) is 1. The van der Waals surface area contributed by atoms with Crippen LogP contribution in [0, 0.1) is 6.92 Å². The number of aromatic nitrogens is 1. The van der Waals surface area contributed by atoms with Crippen LogP contribution in [0.25, 0.3) is 20.8 Å². The van der Waals surface area contributed by atoms with Gasteiger partial charge in [0.05, 0.1) is 21.2 Å². The molecule has 4 aromatic rings. The van der Waals surface area contributed by atoms with E-state index in [9.17, 15) is 9.90 Å². The molecule has 1 saturated carbocycles. The Bertz CT molecular complexity index is 1220. The summed E-state index contributed by atoms with van der Waals surface area (Å²) in [5.41, 5.74) is 3.54. The summed E-state index contributed by atoms with van der Waals surface area (Å²) in [6, 6.07) is 21.7. The first kappa shape index (κ1) is 19.8. The molecule has 0 saturated heterocycles. The molecule has 2 N–H and O–H groups in total. The van der Waals surface area contributed by atoms with Gasteiger partial charge in [0.1, 0.15) is 10.8 Å². The number of carbonyl (C=O) groups is 1. The van der Waals surface area contributed by atoms with Gasteiger partial charge in [0.25, 0.3) is 0 Å². The van der Waals surface area contributed by atoms with Crippen LogP contribution >= 0.6 is 11.3 Å². The summed E-state index contributed by atoms with van der Waals surface area (Å²) in [6.45, 7) is 1.85. The van der Waals surface area contributed by atoms with E-state index in [1.54, 1.807) is 0 Å². The van der Waals surface area contributed by atoms with Crippen molar-refractivity contribution in [2.75, 3.05) is 5.32 Å². The number of hydrogen-bond donors (Lipinski definition) is 2. The molecule has 1 amide bonds. The lowest BCUT2D eigenvalue weighted by Crippen LogP contribution is -2.38. The highest BCUT2D eigenvalue weighted by Gasteiger charge is 2.42. The number of carbonyl (C=O) groups excluding carboxylic acids is 1. The lowest BCUT2D eigenvalue weighted by Gasteiger charge is -2.28. The van der Waals surface area contributed by atoms with Gasteiger partial charge in [-0.1, -0.05) is 55.3 Å². The number of nitrogens with one attached hydrogen (secondary N) is 1. The summed E-state index contributed by atoms with van der Waals surface area (Å²) in [6.07, 6.45) is 3.80. The third kappa shape index (κ3) is 3.49. The van der Waals surface area contributed by atoms with Crippen LogP contribution in [0.1, 0.15) is 36.8 Å². The van der Waals surface area contributed by atoms with Gasteiger partial charge in [0.15, 0.2) is 0 Å². The summed E-state index contributed by atoms with van der Waals surface area (Å²) in [5.74, 6) is 0.229. The van der Waals surface area contributed by atoms with E-state index in [0.29, 0.717) is 16.8 Å². The van der Waals surface area contributed by atoms with Crippen molar-refractivity contribution in [1.82, 2.24) is 4.98 Å². The number of aryl methyl sites for hydroxylation is 1. The standard InChI is InChI=1S/C26H24N2O2S/c1-17-15-19(16-20(23(17)29)24-28-21-11-5-6-12-22(21)31-24)27-25(30)26(13-7-8-14-26)18-9-3-2-4-10-18/h2-6,9-12,15-16,29H,7-8,13-14H2,1H3,(H,27,30). The number of rotatable bonds is 4. The van der Waals surface area contributed by atoms with Gasteiger partial charge in [-0.25, -0.2) is 4.98 Å². The zero-order chi connectivity index (χ0) is 21.4. The third-order valence-corrected chi connectivity index (χ3v) is 7.37. The Morgan fingerprint density at radius 1 is 1.03 bits per heavy atom. The minimum atomic E-state index is -0.497. The number of aromatic hydroxyl groups is 1. The monoisotopic (exact) mass is 428 g/mol. The minimum Gasteiger partial charge on any atom is -0.507 e. The van der Waals surface area contributed by atoms with Crippen molar-refractivity contribution in [3.8, 4) is 16.3 Å². The smallest absolute Gasteiger partial charge is 0.235 e. The van der Waals surface area contributed by atoms with Gasteiger partial charge < -0.3 is 10.4 Å². The van der Waals surface area contributed by atoms with Crippen molar-refractivity contribution >= 4 is 33.1 Å². The van der Waals surface area contributed by atoms with Gasteiger partial charge in [0.2, 0.25) is 5.91 Å². The first-order valence-electron chi connectivity index (χ1n) is 10.6. The number of anilines is 1. The zero-order valence-corrected chi connectivity index (χ0v) is 18.2. The first-order chi connectivity index (χ1) is 15.1. The molecule has 5 rings (SSSR count). The number of benzene rings is 3. The number of hydrogen-bond acceptors (Lipinski definition) is 4. The number of thiazole rings is 1. The third-order valence-electron chi connectivity index (χ3n) is 6.30. The number of amides is 1. The fraction of sp³-hybridized carbons (Fsp3) is 0.231. The van der Waals surface area contributed by atoms with E-state index in [2.05, 4.69) is 22.4 Å². The maximum absolute atomic E-state index is 13.5. The van der Waals surface area contributed by atoms with Crippen molar-refractivity contribution < 1.29 is 9.90 Å². The van der Waals surface area contributed by atoms with Gasteiger partial charge in [-0.3, -0.25) is 4.79 Å². The van der Waals surface area contributed by atoms with E-state index in [1.165, 1.54) is 11.3 Å². The molecule has 0 aliphatic heterocycles. The molecule has 156 valence electrons. The Morgan fingerprint density at radius 3 is 2.48 bits per heavy atom. The van der Waals surface area contributed by atoms with Crippen molar-refractivity contribution in [1.29, 1.82) is 0 Å². The lowest BCUT2D eigenvalue weighted by molar-refractivity contribution is -0.121. The van der Waals surface area contributed by atoms with E-state index in [0.717, 1.165) is 46.5 Å². The van der Waals surface area contributed by atoms with Crippen LogP contribution in [0.3, 0.4) is 0 Å². The van der Waals surface area contributed by atoms with Crippen LogP contribution in [0.2, 0.25) is 0 Å². The molecule has 0 radical (unpaired) electrons. The molecule has 1 aromatic heterocycles. The summed E-state index contributed by atoms with van der Waals surface area (Å²) < 4.78 is 1.07. The Labute approximate surface area is 185 Å². The molecular weight excluding hydrogens is 404 g/mol. The first-order valence-corrected chi connectivity index (χ1v) is 11.4. The number of fused-ring (bicyclic) bond motifs is 1. The molecule has 0 bridgehead atoms. The van der Waals surface area contributed by atoms with Gasteiger partial charge in [-0.05, 0) is 55.2 Å². The molecule has 1 heterocycles. The second kappa shape index (κ2) is 7.82. The quantitative estimate of drug-likeness (QED) is 0.368. The Balaban J connectivity index is 1.51. The molecule has 0 spiro atoms. The van der Waals surface area contributed by atoms with Crippen molar-refractivity contribution in [2.45, 2.75) is 38.0 Å². The summed E-state index contributed by atoms with van der Waals surface area (Å²) >= 11 is 1.54. The summed E-state index contributed by atoms with van der Waals surface area (Å²) in [4.78, 5) is 18.2. The van der Waals surface area contributed by atoms with E-state index in [4.69, 9.17) is 0 Å². The molecule has 1 aliphatic carbocycles. The Hall–Kier alpha value is -3.18. The topological polar surface area (TPSA) is 62.2 Å². The maximum atomic E-state index is 13.5. The van der Waals surface area contributed by atoms with Crippen LogP contribution in [0.15, 0.2) is 66.7 Å². The predicted molar refractivity (Wildman–Crippen MR) is 127 cm³/mol. The minimum absolute atomic E-state index is 0.0246. The van der Waals surface area contributed by atoms with Gasteiger partial charge in [-0.15, -0.1) is 11.3 Å². The molecule has 3 aromatic carbocycles. The van der Waals surface area contributed by atoms with Crippen LogP contribution < -0.4 is 5.32 Å². The van der Waals surface area contributed by atoms with Gasteiger partial charge >= 0.3 is 0 Å². The molecule has 5 heteroatoms. The SMILES string of the molecule is Cc1cc(NC(=O)C2(c3ccccc3)CCCC2)cc(-c2nc3ccccc3s2)c1O. The Kier molecular flexibility index (Phi) is 4.98. The van der Waals surface area contributed by atoms with Crippen molar-refractivity contribution in [2.24, 2.45) is 0 Å². The molecule has 0 atom stereocenters. The summed E-state index contributed by atoms with van der Waals surface area (Å²) in [5, 5.41) is 14.6. The number of para-hydroxylation sites is 1. The van der Waals surface area contributed by atoms with Crippen LogP contribution in [-0.2, 0) is 10.2 Å². The van der Waals surface area contributed by atoms with Crippen LogP contribution in [-0.4, -0.2) is 16.0 Å². The average molecular weight is 429 g/mol. The van der Waals surface area contributed by atoms with Gasteiger partial charge in [-0.2, -0.15) is 0 Å². The van der Waals surface area contributed by atoms with E-state index in [1.807, 2.05) is 61.5 Å². The largest absolute Gasteiger partial charge is 0.507 e. The summed E-state index contributed by atoms with van der Waals surface area (Å²) in [7, 11) is 0. The van der Waals surface area contributed by atoms with Crippen LogP contribution in [0.4, 0.5) is 5.69 Å². The molecule has 1 aliphatic rings. The highest BCUT2D eigenvalue weighted by molar-refractivity contribution is 7.21. The van der Waals surface area contributed by atoms with Gasteiger partial charge in [0, 0.05) is 5.69 Å². The highest BCUT2D eigenvalue weighted by atomic mass is 32.1. The second-order valence-corrected chi connectivity index (χ2v) is 9.32. The molecule has 4 nitrogen and oxygen atoms in total. The fourth-order valence-electron chi connectivity index (χ4n) is 4.64. The Morgan fingerprint density at radius 2 is 1.74 bits per heavy atom. The molecule has 31 heavy (non-hydrogen) atoms. The molecule has 1 fully saturated rings. The number of phenols is 1. The highest BCUT2D eigenvalue weighted by Crippen LogP contribution is 2.43. The fourth-order valence-corrected chi connectivity index (χ4v) is 5.62. The number of phenolic OH excluding ortho intramolecular Hbond substituents is 1.